The molecule has 0 saturated carbocycles. The molecule has 1 aliphatic rings. The van der Waals surface area contributed by atoms with Gasteiger partial charge in [-0.15, -0.1) is 0 Å². The van der Waals surface area contributed by atoms with Crippen LogP contribution in [0.25, 0.3) is 0 Å². The van der Waals surface area contributed by atoms with Gasteiger partial charge >= 0.3 is 0 Å². The summed E-state index contributed by atoms with van der Waals surface area (Å²) in [6, 6.07) is 16.0. The molecule has 0 aliphatic carbocycles. The number of carbonyl (C=O) groups excluding carboxylic acids is 2. The summed E-state index contributed by atoms with van der Waals surface area (Å²) in [5, 5.41) is 8.81. The Morgan fingerprint density at radius 1 is 1.00 bits per heavy atom. The Kier molecular flexibility index (Phi) is 4.39. The van der Waals surface area contributed by atoms with E-state index in [0.717, 1.165) is 5.56 Å². The minimum absolute atomic E-state index is 0.221. The molecule has 0 spiro atoms. The Hall–Kier alpha value is -2.97. The van der Waals surface area contributed by atoms with Crippen LogP contribution < -0.4 is 0 Å². The normalized spacial score (nSPS) is 13.7. The number of benzene rings is 2. The van der Waals surface area contributed by atoms with E-state index in [1.165, 1.54) is 4.90 Å². The molecule has 0 bridgehead atoms. The highest BCUT2D eigenvalue weighted by Crippen LogP contribution is 2.29. The quantitative estimate of drug-likeness (QED) is 0.788. The molecule has 25 heavy (non-hydrogen) atoms. The van der Waals surface area contributed by atoms with Crippen LogP contribution >= 0.6 is 0 Å². The molecule has 2 aromatic carbocycles. The third-order valence-electron chi connectivity index (χ3n) is 4.21. The number of hydrogen-bond acceptors (Lipinski definition) is 4. The van der Waals surface area contributed by atoms with Crippen LogP contribution in [-0.2, 0) is 11.3 Å². The predicted octanol–water partition coefficient (Wildman–Crippen LogP) is 3.15. The summed E-state index contributed by atoms with van der Waals surface area (Å²) in [5.41, 5.74) is 1.63. The van der Waals surface area contributed by atoms with Gasteiger partial charge in [0.05, 0.1) is 41.5 Å². The Morgan fingerprint density at radius 2 is 1.56 bits per heavy atom. The van der Waals surface area contributed by atoms with Gasteiger partial charge < -0.3 is 4.74 Å². The van der Waals surface area contributed by atoms with Gasteiger partial charge in [0.15, 0.2) is 0 Å². The Balaban J connectivity index is 1.67. The van der Waals surface area contributed by atoms with Crippen molar-refractivity contribution in [3.05, 3.63) is 70.8 Å². The van der Waals surface area contributed by atoms with Crippen LogP contribution in [0.4, 0.5) is 0 Å². The fourth-order valence-electron chi connectivity index (χ4n) is 2.90. The molecule has 3 rings (SSSR count). The smallest absolute Gasteiger partial charge is 0.262 e. The third kappa shape index (κ3) is 3.17. The number of nitrogens with zero attached hydrogens (tertiary/aromatic N) is 2. The first-order chi connectivity index (χ1) is 11.9. The molecule has 0 atom stereocenters. The van der Waals surface area contributed by atoms with Crippen molar-refractivity contribution in [3.8, 4) is 6.07 Å². The number of carbonyl (C=O) groups is 2. The zero-order valence-corrected chi connectivity index (χ0v) is 14.2. The average Bonchev–Trinajstić information content (AvgIpc) is 2.87. The van der Waals surface area contributed by atoms with E-state index in [1.54, 1.807) is 36.4 Å². The van der Waals surface area contributed by atoms with Crippen LogP contribution in [0.3, 0.4) is 0 Å². The molecule has 2 amide bonds. The summed E-state index contributed by atoms with van der Waals surface area (Å²) in [6.45, 7) is 4.19. The van der Waals surface area contributed by atoms with Crippen molar-refractivity contribution in [2.75, 3.05) is 6.61 Å². The number of ether oxygens (including phenoxy) is 1. The molecule has 0 aromatic heterocycles. The largest absolute Gasteiger partial charge is 0.374 e. The number of amides is 2. The molecule has 5 heteroatoms. The molecule has 0 fully saturated rings. The van der Waals surface area contributed by atoms with Crippen molar-refractivity contribution in [2.45, 2.75) is 26.0 Å². The van der Waals surface area contributed by atoms with Gasteiger partial charge in [-0.2, -0.15) is 5.26 Å². The van der Waals surface area contributed by atoms with Gasteiger partial charge in [-0.25, -0.2) is 0 Å². The summed E-state index contributed by atoms with van der Waals surface area (Å²) >= 11 is 0. The lowest BCUT2D eigenvalue weighted by atomic mass is 10.0. The van der Waals surface area contributed by atoms with Crippen molar-refractivity contribution in [3.63, 3.8) is 0 Å². The Labute approximate surface area is 146 Å². The Bertz CT molecular complexity index is 828. The fraction of sp³-hybridized carbons (Fsp3) is 0.250. The van der Waals surface area contributed by atoms with E-state index in [-0.39, 0.29) is 18.4 Å². The molecule has 0 saturated heterocycles. The second-order valence-electron chi connectivity index (χ2n) is 6.61. The second-order valence-corrected chi connectivity index (χ2v) is 6.61. The first-order valence-electron chi connectivity index (χ1n) is 7.99. The predicted molar refractivity (Wildman–Crippen MR) is 91.8 cm³/mol. The van der Waals surface area contributed by atoms with E-state index in [4.69, 9.17) is 10.00 Å². The van der Waals surface area contributed by atoms with Crippen LogP contribution in [-0.4, -0.2) is 28.9 Å². The number of rotatable bonds is 5. The van der Waals surface area contributed by atoms with E-state index >= 15 is 0 Å². The van der Waals surface area contributed by atoms with E-state index in [9.17, 15) is 9.59 Å². The standard InChI is InChI=1S/C20H18N2O3/c1-20(2,13-25-12-15-9-7-14(11-21)8-10-15)22-18(23)16-5-3-4-6-17(16)19(22)24/h3-10H,12-13H2,1-2H3. The number of nitriles is 1. The number of fused-ring (bicyclic) bond motifs is 1. The highest BCUT2D eigenvalue weighted by atomic mass is 16.5. The van der Waals surface area contributed by atoms with Gasteiger partial charge in [0.2, 0.25) is 0 Å². The van der Waals surface area contributed by atoms with Crippen molar-refractivity contribution in [2.24, 2.45) is 0 Å². The lowest BCUT2D eigenvalue weighted by Gasteiger charge is -2.33. The van der Waals surface area contributed by atoms with Gasteiger partial charge in [0, 0.05) is 0 Å². The molecular weight excluding hydrogens is 316 g/mol. The molecule has 1 heterocycles. The van der Waals surface area contributed by atoms with Gasteiger partial charge in [0.1, 0.15) is 0 Å². The van der Waals surface area contributed by atoms with Crippen molar-refractivity contribution in [1.29, 1.82) is 5.26 Å². The summed E-state index contributed by atoms with van der Waals surface area (Å²) < 4.78 is 5.74. The zero-order valence-electron chi connectivity index (χ0n) is 14.2. The van der Waals surface area contributed by atoms with E-state index in [1.807, 2.05) is 26.0 Å². The highest BCUT2D eigenvalue weighted by Gasteiger charge is 2.43. The third-order valence-corrected chi connectivity index (χ3v) is 4.21. The van der Waals surface area contributed by atoms with Gasteiger partial charge in [-0.1, -0.05) is 24.3 Å². The van der Waals surface area contributed by atoms with Crippen molar-refractivity contribution in [1.82, 2.24) is 4.90 Å². The van der Waals surface area contributed by atoms with Crippen LogP contribution in [0, 0.1) is 11.3 Å². The van der Waals surface area contributed by atoms with Gasteiger partial charge in [0.25, 0.3) is 11.8 Å². The molecule has 2 aromatic rings. The molecule has 0 radical (unpaired) electrons. The maximum atomic E-state index is 12.6. The maximum Gasteiger partial charge on any atom is 0.262 e. The first-order valence-corrected chi connectivity index (χ1v) is 7.99. The lowest BCUT2D eigenvalue weighted by Crippen LogP contribution is -2.50. The molecule has 0 unspecified atom stereocenters. The van der Waals surface area contributed by atoms with E-state index in [0.29, 0.717) is 23.3 Å². The van der Waals surface area contributed by atoms with Crippen LogP contribution in [0.1, 0.15) is 45.7 Å². The molecule has 0 N–H and O–H groups in total. The maximum absolute atomic E-state index is 12.6. The van der Waals surface area contributed by atoms with Gasteiger partial charge in [-0.3, -0.25) is 14.5 Å². The van der Waals surface area contributed by atoms with Gasteiger partial charge in [-0.05, 0) is 43.7 Å². The molecule has 1 aliphatic heterocycles. The number of hydrogen-bond donors (Lipinski definition) is 0. The average molecular weight is 334 g/mol. The van der Waals surface area contributed by atoms with Crippen LogP contribution in [0.2, 0.25) is 0 Å². The first kappa shape index (κ1) is 16.9. The molecule has 126 valence electrons. The summed E-state index contributed by atoms with van der Waals surface area (Å²) in [5.74, 6) is -0.569. The Morgan fingerprint density at radius 3 is 2.08 bits per heavy atom. The summed E-state index contributed by atoms with van der Waals surface area (Å²) in [6.07, 6.45) is 0. The monoisotopic (exact) mass is 334 g/mol. The lowest BCUT2D eigenvalue weighted by molar-refractivity contribution is 0.0118. The number of imide groups is 1. The second kappa shape index (κ2) is 6.50. The molecule has 5 nitrogen and oxygen atoms in total. The van der Waals surface area contributed by atoms with E-state index < -0.39 is 5.54 Å². The highest BCUT2D eigenvalue weighted by molar-refractivity contribution is 6.21. The summed E-state index contributed by atoms with van der Waals surface area (Å²) in [7, 11) is 0. The van der Waals surface area contributed by atoms with Crippen molar-refractivity contribution >= 4 is 11.8 Å². The van der Waals surface area contributed by atoms with Crippen LogP contribution in [0.5, 0.6) is 0 Å². The summed E-state index contributed by atoms with van der Waals surface area (Å²) in [4.78, 5) is 26.4. The van der Waals surface area contributed by atoms with Crippen molar-refractivity contribution < 1.29 is 14.3 Å². The van der Waals surface area contributed by atoms with E-state index in [2.05, 4.69) is 6.07 Å². The SMILES string of the molecule is CC(C)(COCc1ccc(C#N)cc1)N1C(=O)c2ccccc2C1=O. The topological polar surface area (TPSA) is 70.4 Å². The fourth-order valence-corrected chi connectivity index (χ4v) is 2.90. The molecular formula is C20H18N2O3. The minimum atomic E-state index is -0.764. The van der Waals surface area contributed by atoms with Crippen LogP contribution in [0.15, 0.2) is 48.5 Å². The minimum Gasteiger partial charge on any atom is -0.374 e. The zero-order chi connectivity index (χ0) is 18.0.